The summed E-state index contributed by atoms with van der Waals surface area (Å²) in [5.74, 6) is 8.25. The molecule has 0 bridgehead atoms. The number of alkyl carbamates (subject to hydrolysis) is 1. The third-order valence-electron chi connectivity index (χ3n) is 11.4. The maximum Gasteiger partial charge on any atom is 0.407 e. The van der Waals surface area contributed by atoms with Gasteiger partial charge in [0.2, 0.25) is 11.8 Å². The second-order valence-electron chi connectivity index (χ2n) is 16.0. The van der Waals surface area contributed by atoms with Gasteiger partial charge in [-0.1, -0.05) is 70.4 Å². The van der Waals surface area contributed by atoms with Crippen molar-refractivity contribution >= 4 is 82.9 Å². The van der Waals surface area contributed by atoms with Crippen molar-refractivity contribution in [3.05, 3.63) is 71.4 Å². The van der Waals surface area contributed by atoms with E-state index in [9.17, 15) is 14.4 Å². The van der Waals surface area contributed by atoms with E-state index in [2.05, 4.69) is 93.7 Å². The van der Waals surface area contributed by atoms with Gasteiger partial charge in [0, 0.05) is 24.6 Å². The number of rotatable bonds is 8. The van der Waals surface area contributed by atoms with Crippen molar-refractivity contribution in [2.24, 2.45) is 23.2 Å². The molecule has 3 aliphatic rings. The summed E-state index contributed by atoms with van der Waals surface area (Å²) in [7, 11) is 1.30. The van der Waals surface area contributed by atoms with E-state index in [-0.39, 0.29) is 89.7 Å². The number of hydrogen-bond acceptors (Lipinski definition) is 6. The van der Waals surface area contributed by atoms with Gasteiger partial charge in [-0.2, -0.15) is 54.0 Å². The smallest absolute Gasteiger partial charge is 0.407 e. The van der Waals surface area contributed by atoms with Gasteiger partial charge in [-0.3, -0.25) is 9.59 Å². The molecule has 4 atom stereocenters. The number of nitrogens with zero attached hydrogens (tertiary/aromatic N) is 4. The molecule has 2 aliphatic heterocycles. The number of nitrogens with one attached hydrogen (secondary N) is 3. The van der Waals surface area contributed by atoms with E-state index in [4.69, 9.17) is 4.98 Å². The minimum Gasteiger partial charge on any atom is -0.453 e. The lowest BCUT2D eigenvalue weighted by Gasteiger charge is -2.30. The Morgan fingerprint density at radius 1 is 0.897 bits per heavy atom. The lowest BCUT2D eigenvalue weighted by Crippen LogP contribution is -2.51. The molecular formula is C43H63N7O4S4. The van der Waals surface area contributed by atoms with Gasteiger partial charge >= 0.3 is 6.09 Å². The SMILES string of the molecule is CC#Cc1ccc2nc([C@@H]3CC4(CC4)CN3C(=O)[C@@H](C)C(C)C)[nH]c2c1.COC(=O)N[C@H](C(=O)N1CCC[C@H]1c1ncc(-c2ccc(C)cc2)[nH]1)C(C)C.S.S.S.S. The Balaban J connectivity index is 0.000000375. The first kappa shape index (κ1) is 50.4. The van der Waals surface area contributed by atoms with Crippen LogP contribution in [0.15, 0.2) is 48.7 Å². The molecule has 2 aromatic carbocycles. The number of aromatic nitrogens is 4. The van der Waals surface area contributed by atoms with Gasteiger partial charge in [0.05, 0.1) is 42.1 Å². The van der Waals surface area contributed by atoms with Crippen LogP contribution in [0.4, 0.5) is 4.79 Å². The zero-order chi connectivity index (χ0) is 38.7. The number of aromatic amines is 2. The van der Waals surface area contributed by atoms with Crippen LogP contribution < -0.4 is 5.32 Å². The Hall–Kier alpha value is -3.71. The molecule has 3 amide bonds. The van der Waals surface area contributed by atoms with E-state index < -0.39 is 12.1 Å². The summed E-state index contributed by atoms with van der Waals surface area (Å²) >= 11 is 0. The van der Waals surface area contributed by atoms with Crippen LogP contribution in [0, 0.1) is 41.9 Å². The number of methoxy groups -OCH3 is 1. The third kappa shape index (κ3) is 11.3. The summed E-state index contributed by atoms with van der Waals surface area (Å²) in [5.41, 5.74) is 6.48. The number of imidazole rings is 2. The van der Waals surface area contributed by atoms with Crippen LogP contribution in [-0.2, 0) is 14.3 Å². The molecule has 1 spiro atoms. The molecule has 318 valence electrons. The van der Waals surface area contributed by atoms with Crippen molar-refractivity contribution in [1.29, 1.82) is 0 Å². The van der Waals surface area contributed by atoms with Crippen LogP contribution >= 0.6 is 54.0 Å². The lowest BCUT2D eigenvalue weighted by atomic mass is 9.96. The quantitative estimate of drug-likeness (QED) is 0.153. The number of fused-ring (bicyclic) bond motifs is 1. The third-order valence-corrected chi connectivity index (χ3v) is 11.4. The van der Waals surface area contributed by atoms with E-state index in [0.29, 0.717) is 17.9 Å². The fraction of sp³-hybridized carbons (Fsp3) is 0.512. The molecule has 7 rings (SSSR count). The first-order chi connectivity index (χ1) is 25.8. The van der Waals surface area contributed by atoms with E-state index in [1.54, 1.807) is 0 Å². The predicted octanol–water partition coefficient (Wildman–Crippen LogP) is 8.16. The van der Waals surface area contributed by atoms with Crippen molar-refractivity contribution < 1.29 is 19.1 Å². The number of likely N-dealkylation sites (tertiary alicyclic amines) is 2. The van der Waals surface area contributed by atoms with Crippen molar-refractivity contribution in [1.82, 2.24) is 35.1 Å². The van der Waals surface area contributed by atoms with Gasteiger partial charge < -0.3 is 29.8 Å². The predicted molar refractivity (Wildman–Crippen MR) is 252 cm³/mol. The summed E-state index contributed by atoms with van der Waals surface area (Å²) in [6, 6.07) is 13.6. The molecule has 2 saturated heterocycles. The zero-order valence-corrected chi connectivity index (χ0v) is 39.0. The Morgan fingerprint density at radius 2 is 1.59 bits per heavy atom. The number of carbonyl (C=O) groups excluding carboxylic acids is 3. The number of amides is 3. The molecular weight excluding hydrogens is 807 g/mol. The van der Waals surface area contributed by atoms with E-state index >= 15 is 0 Å². The molecule has 4 heterocycles. The van der Waals surface area contributed by atoms with Crippen LogP contribution in [0.5, 0.6) is 0 Å². The number of carbonyl (C=O) groups is 3. The normalized spacial score (nSPS) is 18.3. The molecule has 11 nitrogen and oxygen atoms in total. The van der Waals surface area contributed by atoms with E-state index in [1.165, 1.54) is 25.5 Å². The Morgan fingerprint density at radius 3 is 2.19 bits per heavy atom. The van der Waals surface area contributed by atoms with E-state index in [1.807, 2.05) is 50.1 Å². The molecule has 1 saturated carbocycles. The highest BCUT2D eigenvalue weighted by Gasteiger charge is 2.54. The number of ether oxygens (including phenoxy) is 1. The highest BCUT2D eigenvalue weighted by molar-refractivity contribution is 7.59. The molecule has 58 heavy (non-hydrogen) atoms. The van der Waals surface area contributed by atoms with Gasteiger partial charge in [0.15, 0.2) is 0 Å². The Kier molecular flexibility index (Phi) is 18.7. The minimum atomic E-state index is -0.625. The fourth-order valence-electron chi connectivity index (χ4n) is 7.61. The van der Waals surface area contributed by atoms with Crippen LogP contribution in [0.3, 0.4) is 0 Å². The second kappa shape index (κ2) is 21.5. The van der Waals surface area contributed by atoms with Crippen molar-refractivity contribution in [2.45, 2.75) is 98.7 Å². The summed E-state index contributed by atoms with van der Waals surface area (Å²) in [4.78, 5) is 58.1. The lowest BCUT2D eigenvalue weighted by molar-refractivity contribution is -0.137. The van der Waals surface area contributed by atoms with Crippen LogP contribution in [0.1, 0.15) is 109 Å². The van der Waals surface area contributed by atoms with Gasteiger partial charge in [-0.25, -0.2) is 14.8 Å². The Bertz CT molecular complexity index is 2050. The summed E-state index contributed by atoms with van der Waals surface area (Å²) in [6.45, 7) is 15.5. The van der Waals surface area contributed by atoms with Gasteiger partial charge in [0.1, 0.15) is 17.7 Å². The average molecular weight is 870 g/mol. The van der Waals surface area contributed by atoms with Gasteiger partial charge in [-0.05, 0) is 87.0 Å². The minimum absolute atomic E-state index is 0. The van der Waals surface area contributed by atoms with Crippen LogP contribution in [-0.4, -0.2) is 73.9 Å². The van der Waals surface area contributed by atoms with Gasteiger partial charge in [0.25, 0.3) is 0 Å². The average Bonchev–Trinajstić information content (AvgIpc) is 3.64. The number of benzene rings is 2. The van der Waals surface area contributed by atoms with Crippen molar-refractivity contribution in [3.63, 3.8) is 0 Å². The number of aryl methyl sites for hydroxylation is 1. The molecule has 2 aromatic heterocycles. The van der Waals surface area contributed by atoms with E-state index in [0.717, 1.165) is 65.3 Å². The fourth-order valence-corrected chi connectivity index (χ4v) is 7.61. The first-order valence-electron chi connectivity index (χ1n) is 19.3. The Labute approximate surface area is 371 Å². The maximum absolute atomic E-state index is 13.2. The largest absolute Gasteiger partial charge is 0.453 e. The van der Waals surface area contributed by atoms with Crippen LogP contribution in [0.25, 0.3) is 22.3 Å². The van der Waals surface area contributed by atoms with Crippen molar-refractivity contribution in [2.75, 3.05) is 20.2 Å². The number of H-pyrrole nitrogens is 2. The standard InChI is InChI=1S/C22H27N3O.C21H28N4O3.4H2S/c1-5-6-16-7-8-17-18(11-16)24-20(23-17)19-12-22(9-10-22)13-25(19)21(26)15(4)14(2)3;1-13(2)18(24-21(27)28-4)20(26)25-11-5-6-17(25)19-22-12-16(23-19)15-9-7-14(3)8-10-15;;;;/h7-8,11,14-15,19H,9-10,12-13H2,1-4H3,(H,23,24);7-10,12-13,17-18H,5-6,11H2,1-4H3,(H,22,23)(H,24,27);4*1H2/t15-,19-;17-,18-;;;;/m00..../s1. The monoisotopic (exact) mass is 869 g/mol. The maximum atomic E-state index is 13.2. The zero-order valence-electron chi connectivity index (χ0n) is 35.0. The number of hydrogen-bond donors (Lipinski definition) is 3. The molecule has 15 heteroatoms. The summed E-state index contributed by atoms with van der Waals surface area (Å²) in [6.07, 6.45) is 6.47. The molecule has 3 N–H and O–H groups in total. The van der Waals surface area contributed by atoms with Gasteiger partial charge in [-0.15, -0.1) is 5.92 Å². The van der Waals surface area contributed by atoms with Crippen LogP contribution in [0.2, 0.25) is 0 Å². The molecule has 3 fully saturated rings. The molecule has 0 unspecified atom stereocenters. The molecule has 4 aromatic rings. The molecule has 0 radical (unpaired) electrons. The van der Waals surface area contributed by atoms with Crippen molar-refractivity contribution in [3.8, 4) is 23.1 Å². The highest BCUT2D eigenvalue weighted by atomic mass is 32.1. The summed E-state index contributed by atoms with van der Waals surface area (Å²) in [5, 5.41) is 2.67. The summed E-state index contributed by atoms with van der Waals surface area (Å²) < 4.78 is 4.68. The topological polar surface area (TPSA) is 136 Å². The highest BCUT2D eigenvalue weighted by Crippen LogP contribution is 2.58. The molecule has 1 aliphatic carbocycles. The first-order valence-corrected chi connectivity index (χ1v) is 19.3. The second-order valence-corrected chi connectivity index (χ2v) is 16.0.